The minimum absolute atomic E-state index is 0.0699. The molecular formula is C29H24FN5O. The maximum atomic E-state index is 14.4. The molecule has 0 aliphatic carbocycles. The van der Waals surface area contributed by atoms with E-state index in [1.807, 2.05) is 66.7 Å². The predicted octanol–water partition coefficient (Wildman–Crippen LogP) is 6.49. The molecule has 0 aliphatic heterocycles. The lowest BCUT2D eigenvalue weighted by molar-refractivity contribution is 0.477. The maximum Gasteiger partial charge on any atom is 0.194 e. The Hall–Kier alpha value is -4.91. The largest absolute Gasteiger partial charge is 0.507 e. The van der Waals surface area contributed by atoms with E-state index >= 15 is 0 Å². The molecule has 2 aromatic heterocycles. The third kappa shape index (κ3) is 5.10. The number of phenols is 1. The van der Waals surface area contributed by atoms with Crippen molar-refractivity contribution < 1.29 is 9.50 Å². The molecule has 0 saturated heterocycles. The summed E-state index contributed by atoms with van der Waals surface area (Å²) < 4.78 is 15.8. The zero-order valence-electron chi connectivity index (χ0n) is 19.4. The van der Waals surface area contributed by atoms with Gasteiger partial charge in [-0.25, -0.2) is 9.37 Å². The Labute approximate surface area is 208 Å². The van der Waals surface area contributed by atoms with Crippen molar-refractivity contribution >= 4 is 23.2 Å². The Morgan fingerprint density at radius 2 is 1.81 bits per heavy atom. The van der Waals surface area contributed by atoms with Crippen LogP contribution in [0.15, 0.2) is 109 Å². The van der Waals surface area contributed by atoms with Crippen molar-refractivity contribution in [1.82, 2.24) is 14.6 Å². The van der Waals surface area contributed by atoms with Crippen LogP contribution in [-0.4, -0.2) is 19.7 Å². The zero-order valence-corrected chi connectivity index (χ0v) is 19.4. The minimum Gasteiger partial charge on any atom is -0.507 e. The highest BCUT2D eigenvalue weighted by atomic mass is 19.1. The Kier molecular flexibility index (Phi) is 6.44. The van der Waals surface area contributed by atoms with Crippen LogP contribution in [0.3, 0.4) is 0 Å². The summed E-state index contributed by atoms with van der Waals surface area (Å²) in [5.74, 6) is 0.0832. The Morgan fingerprint density at radius 1 is 1.00 bits per heavy atom. The van der Waals surface area contributed by atoms with E-state index in [-0.39, 0.29) is 11.4 Å². The minimum atomic E-state index is -0.538. The Bertz CT molecular complexity index is 1560. The predicted molar refractivity (Wildman–Crippen MR) is 142 cm³/mol. The van der Waals surface area contributed by atoms with E-state index in [0.29, 0.717) is 23.6 Å². The van der Waals surface area contributed by atoms with E-state index in [1.54, 1.807) is 30.3 Å². The number of aromatic nitrogens is 3. The van der Waals surface area contributed by atoms with Gasteiger partial charge >= 0.3 is 0 Å². The van der Waals surface area contributed by atoms with E-state index in [4.69, 9.17) is 0 Å². The van der Waals surface area contributed by atoms with E-state index < -0.39 is 5.82 Å². The van der Waals surface area contributed by atoms with Gasteiger partial charge in [-0.05, 0) is 41.5 Å². The number of nitrogens with zero attached hydrogens (tertiary/aromatic N) is 3. The van der Waals surface area contributed by atoms with Crippen molar-refractivity contribution in [3.63, 3.8) is 0 Å². The van der Waals surface area contributed by atoms with Crippen LogP contribution < -0.4 is 10.6 Å². The first kappa shape index (κ1) is 22.9. The smallest absolute Gasteiger partial charge is 0.194 e. The molecule has 0 amide bonds. The molecule has 2 heterocycles. The van der Waals surface area contributed by atoms with Gasteiger partial charge in [0.25, 0.3) is 0 Å². The van der Waals surface area contributed by atoms with E-state index in [0.717, 1.165) is 28.7 Å². The summed E-state index contributed by atoms with van der Waals surface area (Å²) in [4.78, 5) is 4.37. The van der Waals surface area contributed by atoms with E-state index in [1.165, 1.54) is 4.52 Å². The summed E-state index contributed by atoms with van der Waals surface area (Å²) in [6.45, 7) is 4.54. The SMILES string of the molecule is C=C(/C=C/c1ccccc1)Nc1cccc(CNc2cc(-c3ccccc3O)nc3c(F)cnn23)c1. The molecule has 178 valence electrons. The van der Waals surface area contributed by atoms with Crippen molar-refractivity contribution in [3.05, 3.63) is 126 Å². The Balaban J connectivity index is 1.34. The second-order valence-electron chi connectivity index (χ2n) is 8.22. The summed E-state index contributed by atoms with van der Waals surface area (Å²) in [5, 5.41) is 21.0. The molecular weight excluding hydrogens is 453 g/mol. The van der Waals surface area contributed by atoms with Crippen molar-refractivity contribution in [3.8, 4) is 17.0 Å². The van der Waals surface area contributed by atoms with Gasteiger partial charge in [-0.3, -0.25) is 0 Å². The van der Waals surface area contributed by atoms with Gasteiger partial charge in [-0.2, -0.15) is 9.61 Å². The standard InChI is InChI=1S/C29H24FN5O/c1-20(14-15-21-8-3-2-4-9-21)33-23-11-7-10-22(16-23)18-31-28-17-26(24-12-5-6-13-27(24)36)34-29-25(30)19-32-35(28)29/h2-17,19,31,33,36H,1,18H2/b15-14+. The highest BCUT2D eigenvalue weighted by molar-refractivity contribution is 5.71. The fraction of sp³-hybridized carbons (Fsp3) is 0.0345. The third-order valence-corrected chi connectivity index (χ3v) is 5.59. The van der Waals surface area contributed by atoms with Gasteiger partial charge in [0.1, 0.15) is 11.6 Å². The molecule has 0 atom stereocenters. The first-order chi connectivity index (χ1) is 17.6. The molecule has 0 radical (unpaired) electrons. The number of fused-ring (bicyclic) bond motifs is 1. The molecule has 0 fully saturated rings. The molecule has 6 nitrogen and oxygen atoms in total. The number of anilines is 2. The molecule has 0 aliphatic rings. The first-order valence-electron chi connectivity index (χ1n) is 11.4. The van der Waals surface area contributed by atoms with Crippen LogP contribution >= 0.6 is 0 Å². The van der Waals surface area contributed by atoms with Crippen LogP contribution in [0.25, 0.3) is 23.0 Å². The fourth-order valence-electron chi connectivity index (χ4n) is 3.83. The van der Waals surface area contributed by atoms with Crippen molar-refractivity contribution in [2.75, 3.05) is 10.6 Å². The molecule has 5 rings (SSSR count). The number of hydrogen-bond acceptors (Lipinski definition) is 5. The van der Waals surface area contributed by atoms with Crippen LogP contribution in [-0.2, 0) is 6.54 Å². The number of para-hydroxylation sites is 1. The molecule has 3 N–H and O–H groups in total. The summed E-state index contributed by atoms with van der Waals surface area (Å²) in [6, 6.07) is 26.5. The van der Waals surface area contributed by atoms with Crippen LogP contribution in [0.2, 0.25) is 0 Å². The summed E-state index contributed by atoms with van der Waals surface area (Å²) in [7, 11) is 0. The van der Waals surface area contributed by atoms with Gasteiger partial charge in [-0.1, -0.05) is 67.3 Å². The number of benzene rings is 3. The van der Waals surface area contributed by atoms with E-state index in [9.17, 15) is 9.50 Å². The number of rotatable bonds is 8. The molecule has 5 aromatic rings. The van der Waals surface area contributed by atoms with Gasteiger partial charge < -0.3 is 15.7 Å². The zero-order chi connectivity index (χ0) is 24.9. The number of aromatic hydroxyl groups is 1. The molecule has 36 heavy (non-hydrogen) atoms. The second kappa shape index (κ2) is 10.1. The van der Waals surface area contributed by atoms with Crippen LogP contribution in [0.1, 0.15) is 11.1 Å². The number of nitrogens with one attached hydrogen (secondary N) is 2. The van der Waals surface area contributed by atoms with Crippen LogP contribution in [0.4, 0.5) is 15.9 Å². The van der Waals surface area contributed by atoms with Crippen molar-refractivity contribution in [1.29, 1.82) is 0 Å². The molecule has 0 saturated carbocycles. The monoisotopic (exact) mass is 477 g/mol. The van der Waals surface area contributed by atoms with Crippen molar-refractivity contribution in [2.45, 2.75) is 6.54 Å². The summed E-state index contributed by atoms with van der Waals surface area (Å²) in [5.41, 5.74) is 4.80. The topological polar surface area (TPSA) is 74.5 Å². The van der Waals surface area contributed by atoms with E-state index in [2.05, 4.69) is 27.3 Å². The van der Waals surface area contributed by atoms with Gasteiger partial charge in [-0.15, -0.1) is 0 Å². The number of hydrogen-bond donors (Lipinski definition) is 3. The molecule has 7 heteroatoms. The maximum absolute atomic E-state index is 14.4. The molecule has 3 aromatic carbocycles. The molecule has 0 unspecified atom stereocenters. The first-order valence-corrected chi connectivity index (χ1v) is 11.4. The van der Waals surface area contributed by atoms with Crippen LogP contribution in [0, 0.1) is 5.82 Å². The summed E-state index contributed by atoms with van der Waals surface area (Å²) >= 11 is 0. The van der Waals surface area contributed by atoms with Gasteiger partial charge in [0, 0.05) is 29.6 Å². The fourth-order valence-corrected chi connectivity index (χ4v) is 3.83. The lowest BCUT2D eigenvalue weighted by Gasteiger charge is -2.13. The number of halogens is 1. The number of allylic oxidation sites excluding steroid dienone is 1. The Morgan fingerprint density at radius 3 is 2.64 bits per heavy atom. The second-order valence-corrected chi connectivity index (χ2v) is 8.22. The van der Waals surface area contributed by atoms with Gasteiger partial charge in [0.15, 0.2) is 11.5 Å². The molecule has 0 bridgehead atoms. The van der Waals surface area contributed by atoms with Crippen molar-refractivity contribution in [2.24, 2.45) is 0 Å². The van der Waals surface area contributed by atoms with Gasteiger partial charge in [0.05, 0.1) is 11.9 Å². The average molecular weight is 478 g/mol. The highest BCUT2D eigenvalue weighted by Gasteiger charge is 2.14. The molecule has 0 spiro atoms. The average Bonchev–Trinajstić information content (AvgIpc) is 3.28. The third-order valence-electron chi connectivity index (χ3n) is 5.59. The lowest BCUT2D eigenvalue weighted by atomic mass is 10.1. The summed E-state index contributed by atoms with van der Waals surface area (Å²) in [6.07, 6.45) is 5.06. The lowest BCUT2D eigenvalue weighted by Crippen LogP contribution is -2.07. The number of phenolic OH excluding ortho intramolecular Hbond substituents is 1. The quantitative estimate of drug-likeness (QED) is 0.223. The normalized spacial score (nSPS) is 11.1. The van der Waals surface area contributed by atoms with Crippen LogP contribution in [0.5, 0.6) is 5.75 Å². The van der Waals surface area contributed by atoms with Gasteiger partial charge in [0.2, 0.25) is 0 Å². The highest BCUT2D eigenvalue weighted by Crippen LogP contribution is 2.30.